The van der Waals surface area contributed by atoms with Gasteiger partial charge in [0.25, 0.3) is 11.8 Å². The van der Waals surface area contributed by atoms with Crippen LogP contribution in [0.1, 0.15) is 42.5 Å². The van der Waals surface area contributed by atoms with Crippen molar-refractivity contribution in [3.8, 4) is 5.75 Å². The van der Waals surface area contributed by atoms with Crippen molar-refractivity contribution in [1.29, 1.82) is 0 Å². The van der Waals surface area contributed by atoms with Gasteiger partial charge in [-0.05, 0) is 67.8 Å². The van der Waals surface area contributed by atoms with Gasteiger partial charge in [-0.1, -0.05) is 48.5 Å². The minimum absolute atomic E-state index is 0.195. The lowest BCUT2D eigenvalue weighted by Crippen LogP contribution is -2.49. The molecule has 2 amide bonds. The molecular formula is C33H38N4O4S. The minimum Gasteiger partial charge on any atom is -0.497 e. The summed E-state index contributed by atoms with van der Waals surface area (Å²) in [6.07, 6.45) is 0.425. The van der Waals surface area contributed by atoms with Gasteiger partial charge in [-0.2, -0.15) is 0 Å². The number of aliphatic hydroxyl groups is 1. The molecule has 0 saturated heterocycles. The number of amides is 2. The maximum absolute atomic E-state index is 13.4. The first-order chi connectivity index (χ1) is 20.3. The molecular weight excluding hydrogens is 548 g/mol. The van der Waals surface area contributed by atoms with Crippen molar-refractivity contribution in [3.05, 3.63) is 117 Å². The monoisotopic (exact) mass is 586 g/mol. The predicted octanol–water partition coefficient (Wildman–Crippen LogP) is 4.27. The van der Waals surface area contributed by atoms with Crippen LogP contribution in [-0.4, -0.2) is 66.2 Å². The van der Waals surface area contributed by atoms with Crippen LogP contribution in [0.15, 0.2) is 84.2 Å². The van der Waals surface area contributed by atoms with E-state index in [1.807, 2.05) is 66.9 Å². The van der Waals surface area contributed by atoms with E-state index >= 15 is 0 Å². The maximum atomic E-state index is 13.4. The predicted molar refractivity (Wildman–Crippen MR) is 166 cm³/mol. The molecule has 4 aromatic rings. The normalized spacial score (nSPS) is 12.4. The summed E-state index contributed by atoms with van der Waals surface area (Å²) in [7, 11) is 3.36. The van der Waals surface area contributed by atoms with Crippen LogP contribution in [0.3, 0.4) is 0 Å². The highest BCUT2D eigenvalue weighted by atomic mass is 32.1. The van der Waals surface area contributed by atoms with E-state index in [0.717, 1.165) is 34.0 Å². The van der Waals surface area contributed by atoms with E-state index in [1.54, 1.807) is 43.3 Å². The largest absolute Gasteiger partial charge is 0.497 e. The fourth-order valence-corrected chi connectivity index (χ4v) is 5.41. The second kappa shape index (κ2) is 15.3. The first kappa shape index (κ1) is 30.9. The molecule has 9 heteroatoms. The van der Waals surface area contributed by atoms with Crippen molar-refractivity contribution < 1.29 is 19.4 Å². The SMILES string of the molecule is COc1ccc(CCNC[C@@H](O)[C@H](Cc2ccccc2)NC(=O)c2cccc(C(=O)N(C)Cc3nc(C)cs3)c2)cc1. The second-order valence-corrected chi connectivity index (χ2v) is 11.2. The fourth-order valence-electron chi connectivity index (χ4n) is 4.58. The number of thiazole rings is 1. The van der Waals surface area contributed by atoms with Gasteiger partial charge < -0.3 is 25.4 Å². The number of hydrogen-bond acceptors (Lipinski definition) is 7. The molecule has 3 N–H and O–H groups in total. The van der Waals surface area contributed by atoms with E-state index in [2.05, 4.69) is 15.6 Å². The summed E-state index contributed by atoms with van der Waals surface area (Å²) in [5, 5.41) is 20.3. The Hall–Kier alpha value is -4.05. The molecule has 3 aromatic carbocycles. The summed E-state index contributed by atoms with van der Waals surface area (Å²) in [6, 6.07) is 23.8. The van der Waals surface area contributed by atoms with E-state index in [0.29, 0.717) is 37.2 Å². The number of carbonyl (C=O) groups is 2. The highest BCUT2D eigenvalue weighted by molar-refractivity contribution is 7.09. The van der Waals surface area contributed by atoms with Crippen molar-refractivity contribution >= 4 is 23.2 Å². The Bertz CT molecular complexity index is 1440. The van der Waals surface area contributed by atoms with Crippen LogP contribution in [-0.2, 0) is 19.4 Å². The summed E-state index contributed by atoms with van der Waals surface area (Å²) in [5.74, 6) is 0.273. The van der Waals surface area contributed by atoms with E-state index in [1.165, 1.54) is 11.3 Å². The van der Waals surface area contributed by atoms with Crippen molar-refractivity contribution in [2.24, 2.45) is 0 Å². The molecule has 1 aromatic heterocycles. The Kier molecular flexibility index (Phi) is 11.2. The number of benzene rings is 3. The summed E-state index contributed by atoms with van der Waals surface area (Å²) in [4.78, 5) is 32.5. The van der Waals surface area contributed by atoms with Gasteiger partial charge in [0.2, 0.25) is 0 Å². The highest BCUT2D eigenvalue weighted by Gasteiger charge is 2.23. The number of aliphatic hydroxyl groups excluding tert-OH is 1. The number of carbonyl (C=O) groups excluding carboxylic acids is 2. The molecule has 0 unspecified atom stereocenters. The van der Waals surface area contributed by atoms with Gasteiger partial charge in [-0.3, -0.25) is 9.59 Å². The molecule has 42 heavy (non-hydrogen) atoms. The molecule has 0 aliphatic heterocycles. The zero-order valence-corrected chi connectivity index (χ0v) is 25.1. The number of nitrogens with zero attached hydrogens (tertiary/aromatic N) is 2. The lowest BCUT2D eigenvalue weighted by atomic mass is 10.00. The zero-order chi connectivity index (χ0) is 29.9. The first-order valence-electron chi connectivity index (χ1n) is 14.0. The Morgan fingerprint density at radius 1 is 1.00 bits per heavy atom. The Morgan fingerprint density at radius 3 is 2.43 bits per heavy atom. The Balaban J connectivity index is 1.38. The molecule has 0 aliphatic carbocycles. The van der Waals surface area contributed by atoms with Gasteiger partial charge in [-0.15, -0.1) is 11.3 Å². The average Bonchev–Trinajstić information content (AvgIpc) is 3.43. The van der Waals surface area contributed by atoms with E-state index < -0.39 is 12.1 Å². The van der Waals surface area contributed by atoms with Gasteiger partial charge in [-0.25, -0.2) is 4.98 Å². The quantitative estimate of drug-likeness (QED) is 0.191. The third-order valence-corrected chi connectivity index (χ3v) is 7.89. The molecule has 0 fully saturated rings. The number of hydrogen-bond donors (Lipinski definition) is 3. The Morgan fingerprint density at radius 2 is 1.74 bits per heavy atom. The van der Waals surface area contributed by atoms with Gasteiger partial charge in [0, 0.05) is 35.8 Å². The number of methoxy groups -OCH3 is 1. The van der Waals surface area contributed by atoms with Crippen LogP contribution < -0.4 is 15.4 Å². The van der Waals surface area contributed by atoms with Crippen LogP contribution in [0.4, 0.5) is 0 Å². The van der Waals surface area contributed by atoms with Crippen molar-refractivity contribution in [2.75, 3.05) is 27.2 Å². The number of ether oxygens (including phenoxy) is 1. The molecule has 0 spiro atoms. The van der Waals surface area contributed by atoms with E-state index in [-0.39, 0.29) is 11.8 Å². The summed E-state index contributed by atoms with van der Waals surface area (Å²) in [5.41, 5.74) is 3.86. The van der Waals surface area contributed by atoms with Crippen LogP contribution >= 0.6 is 11.3 Å². The number of aryl methyl sites for hydroxylation is 1. The van der Waals surface area contributed by atoms with E-state index in [9.17, 15) is 14.7 Å². The van der Waals surface area contributed by atoms with Crippen LogP contribution in [0.25, 0.3) is 0 Å². The van der Waals surface area contributed by atoms with Crippen LogP contribution in [0.2, 0.25) is 0 Å². The van der Waals surface area contributed by atoms with Crippen molar-refractivity contribution in [1.82, 2.24) is 20.5 Å². The molecule has 0 saturated carbocycles. The highest BCUT2D eigenvalue weighted by Crippen LogP contribution is 2.15. The van der Waals surface area contributed by atoms with Gasteiger partial charge in [0.15, 0.2) is 0 Å². The average molecular weight is 587 g/mol. The minimum atomic E-state index is -0.831. The molecule has 0 bridgehead atoms. The van der Waals surface area contributed by atoms with Crippen molar-refractivity contribution in [2.45, 2.75) is 38.5 Å². The van der Waals surface area contributed by atoms with Gasteiger partial charge >= 0.3 is 0 Å². The number of rotatable bonds is 14. The summed E-state index contributed by atoms with van der Waals surface area (Å²) in [6.45, 7) is 3.30. The maximum Gasteiger partial charge on any atom is 0.253 e. The molecule has 0 radical (unpaired) electrons. The molecule has 2 atom stereocenters. The smallest absolute Gasteiger partial charge is 0.253 e. The molecule has 220 valence electrons. The van der Waals surface area contributed by atoms with Crippen molar-refractivity contribution in [3.63, 3.8) is 0 Å². The summed E-state index contributed by atoms with van der Waals surface area (Å²) < 4.78 is 5.21. The third kappa shape index (κ3) is 8.97. The first-order valence-corrected chi connectivity index (χ1v) is 14.8. The summed E-state index contributed by atoms with van der Waals surface area (Å²) >= 11 is 1.51. The molecule has 1 heterocycles. The zero-order valence-electron chi connectivity index (χ0n) is 24.2. The molecule has 4 rings (SSSR count). The van der Waals surface area contributed by atoms with Gasteiger partial charge in [0.05, 0.1) is 25.8 Å². The lowest BCUT2D eigenvalue weighted by molar-refractivity contribution is 0.0784. The van der Waals surface area contributed by atoms with Crippen LogP contribution in [0, 0.1) is 6.92 Å². The van der Waals surface area contributed by atoms with Gasteiger partial charge in [0.1, 0.15) is 10.8 Å². The standard InChI is InChI=1S/C33H38N4O4S/c1-23-22-42-31(35-23)21-37(2)33(40)27-11-7-10-26(19-27)32(39)36-29(18-25-8-5-4-6-9-25)30(38)20-34-17-16-24-12-14-28(41-3)15-13-24/h4-15,19,22,29-30,34,38H,16-18,20-21H2,1-3H3,(H,36,39)/t29-,30+/m0/s1. The number of nitrogens with one attached hydrogen (secondary N) is 2. The van der Waals surface area contributed by atoms with E-state index in [4.69, 9.17) is 4.74 Å². The molecule has 8 nitrogen and oxygen atoms in total. The fraction of sp³-hybridized carbons (Fsp3) is 0.303. The second-order valence-electron chi connectivity index (χ2n) is 10.3. The van der Waals surface area contributed by atoms with Crippen LogP contribution in [0.5, 0.6) is 5.75 Å². The third-order valence-electron chi connectivity index (χ3n) is 6.94. The number of aromatic nitrogens is 1. The topological polar surface area (TPSA) is 104 Å². The molecule has 0 aliphatic rings. The lowest BCUT2D eigenvalue weighted by Gasteiger charge is -2.25. The Labute approximate surface area is 251 Å².